The molecule has 2 rings (SSSR count). The molecule has 2 aromatic rings. The largest absolute Gasteiger partial charge is 0.342 e. The van der Waals surface area contributed by atoms with E-state index >= 15 is 0 Å². The minimum atomic E-state index is -4.08. The summed E-state index contributed by atoms with van der Waals surface area (Å²) in [6, 6.07) is 4.16. The van der Waals surface area contributed by atoms with Gasteiger partial charge in [0.2, 0.25) is 26.0 Å². The van der Waals surface area contributed by atoms with Crippen LogP contribution < -0.4 is 14.8 Å². The number of nitrogens with zero attached hydrogens (tertiary/aromatic N) is 1. The van der Waals surface area contributed by atoms with Gasteiger partial charge in [0.1, 0.15) is 22.2 Å². The number of carbonyl (C=O) groups excluding carboxylic acids is 1. The van der Waals surface area contributed by atoms with Crippen molar-refractivity contribution in [2.24, 2.45) is 0 Å². The van der Waals surface area contributed by atoms with Gasteiger partial charge in [0.15, 0.2) is 0 Å². The molecule has 1 aromatic carbocycles. The molecule has 0 fully saturated rings. The number of hydrogen-bond donors (Lipinski definition) is 3. The SMILES string of the molecule is CNS(=O)(=O)c1cn(CC(=O)Nc2ccc(C)c(F)c2)cc1S(=O)(=O)NC. The Morgan fingerprint density at radius 3 is 2.00 bits per heavy atom. The fourth-order valence-corrected chi connectivity index (χ4v) is 4.50. The zero-order valence-corrected chi connectivity index (χ0v) is 16.4. The molecule has 0 spiro atoms. The van der Waals surface area contributed by atoms with Crippen LogP contribution in [0.15, 0.2) is 40.4 Å². The monoisotopic (exact) mass is 418 g/mol. The molecule has 9 nitrogen and oxygen atoms in total. The van der Waals surface area contributed by atoms with Gasteiger partial charge in [-0.3, -0.25) is 4.79 Å². The van der Waals surface area contributed by atoms with Gasteiger partial charge in [-0.2, -0.15) is 0 Å². The number of benzene rings is 1. The predicted molar refractivity (Wildman–Crippen MR) is 96.7 cm³/mol. The van der Waals surface area contributed by atoms with E-state index in [2.05, 4.69) is 5.32 Å². The minimum Gasteiger partial charge on any atom is -0.342 e. The Hall–Kier alpha value is -2.28. The number of sulfonamides is 2. The molecule has 0 saturated heterocycles. The number of aryl methyl sites for hydroxylation is 1. The van der Waals surface area contributed by atoms with Crippen LogP contribution in [-0.2, 0) is 31.4 Å². The van der Waals surface area contributed by atoms with Crippen molar-refractivity contribution in [2.45, 2.75) is 23.3 Å². The molecule has 0 atom stereocenters. The predicted octanol–water partition coefficient (Wildman–Crippen LogP) is 0.391. The Balaban J connectivity index is 2.32. The lowest BCUT2D eigenvalue weighted by Gasteiger charge is -2.07. The normalized spacial score (nSPS) is 12.1. The van der Waals surface area contributed by atoms with Gasteiger partial charge in [-0.25, -0.2) is 30.7 Å². The van der Waals surface area contributed by atoms with Crippen molar-refractivity contribution in [3.63, 3.8) is 0 Å². The molecule has 3 N–H and O–H groups in total. The topological polar surface area (TPSA) is 126 Å². The van der Waals surface area contributed by atoms with Crippen molar-refractivity contribution >= 4 is 31.6 Å². The first kappa shape index (κ1) is 21.0. The van der Waals surface area contributed by atoms with Crippen molar-refractivity contribution in [3.05, 3.63) is 42.0 Å². The molecular weight excluding hydrogens is 399 g/mol. The van der Waals surface area contributed by atoms with Crippen LogP contribution in [0.3, 0.4) is 0 Å². The van der Waals surface area contributed by atoms with Crippen molar-refractivity contribution in [1.29, 1.82) is 0 Å². The number of halogens is 1. The second-order valence-electron chi connectivity index (χ2n) is 5.59. The maximum Gasteiger partial charge on any atom is 0.244 e. The lowest BCUT2D eigenvalue weighted by molar-refractivity contribution is -0.116. The van der Waals surface area contributed by atoms with Gasteiger partial charge >= 0.3 is 0 Å². The second-order valence-corrected chi connectivity index (χ2v) is 9.30. The number of hydrogen-bond acceptors (Lipinski definition) is 5. The Morgan fingerprint density at radius 2 is 1.56 bits per heavy atom. The van der Waals surface area contributed by atoms with Crippen LogP contribution in [0.5, 0.6) is 0 Å². The van der Waals surface area contributed by atoms with Crippen LogP contribution in [-0.4, -0.2) is 41.4 Å². The summed E-state index contributed by atoms with van der Waals surface area (Å²) in [6.07, 6.45) is 2.07. The molecule has 0 unspecified atom stereocenters. The second kappa shape index (κ2) is 7.76. The number of anilines is 1. The molecule has 0 bridgehead atoms. The van der Waals surface area contributed by atoms with E-state index in [4.69, 9.17) is 0 Å². The number of amides is 1. The molecule has 1 aromatic heterocycles. The van der Waals surface area contributed by atoms with Crippen molar-refractivity contribution < 1.29 is 26.0 Å². The smallest absolute Gasteiger partial charge is 0.244 e. The van der Waals surface area contributed by atoms with Gasteiger partial charge in [0, 0.05) is 18.1 Å². The lowest BCUT2D eigenvalue weighted by atomic mass is 10.2. The summed E-state index contributed by atoms with van der Waals surface area (Å²) >= 11 is 0. The molecule has 0 aliphatic rings. The van der Waals surface area contributed by atoms with Crippen LogP contribution >= 0.6 is 0 Å². The number of carbonyl (C=O) groups is 1. The van der Waals surface area contributed by atoms with E-state index in [1.807, 2.05) is 9.44 Å². The van der Waals surface area contributed by atoms with E-state index in [-0.39, 0.29) is 12.2 Å². The molecule has 12 heteroatoms. The highest BCUT2D eigenvalue weighted by Crippen LogP contribution is 2.22. The maximum absolute atomic E-state index is 13.5. The molecule has 0 radical (unpaired) electrons. The van der Waals surface area contributed by atoms with E-state index in [0.717, 1.165) is 37.1 Å². The molecular formula is C15H19FN4O5S2. The van der Waals surface area contributed by atoms with E-state index in [0.29, 0.717) is 5.56 Å². The summed E-state index contributed by atoms with van der Waals surface area (Å²) in [7, 11) is -5.88. The van der Waals surface area contributed by atoms with E-state index in [1.165, 1.54) is 12.1 Å². The Labute approximate surface area is 156 Å². The molecule has 0 aliphatic carbocycles. The van der Waals surface area contributed by atoms with Gasteiger partial charge in [0.05, 0.1) is 0 Å². The number of rotatable bonds is 7. The summed E-state index contributed by atoms with van der Waals surface area (Å²) in [5.74, 6) is -1.08. The molecule has 1 amide bonds. The fraction of sp³-hybridized carbons (Fsp3) is 0.267. The van der Waals surface area contributed by atoms with Gasteiger partial charge in [0.25, 0.3) is 0 Å². The molecule has 1 heterocycles. The van der Waals surface area contributed by atoms with E-state index < -0.39 is 41.6 Å². The third kappa shape index (κ3) is 4.71. The van der Waals surface area contributed by atoms with E-state index in [1.54, 1.807) is 6.92 Å². The van der Waals surface area contributed by atoms with Gasteiger partial charge < -0.3 is 9.88 Å². The average molecular weight is 418 g/mol. The number of aromatic nitrogens is 1. The lowest BCUT2D eigenvalue weighted by Crippen LogP contribution is -2.24. The minimum absolute atomic E-state index is 0.224. The quantitative estimate of drug-likeness (QED) is 0.600. The Morgan fingerprint density at radius 1 is 1.04 bits per heavy atom. The molecule has 0 aliphatic heterocycles. The van der Waals surface area contributed by atoms with Crippen LogP contribution in [0.4, 0.5) is 10.1 Å². The molecule has 0 saturated carbocycles. The first-order valence-electron chi connectivity index (χ1n) is 7.63. The number of nitrogens with one attached hydrogen (secondary N) is 3. The molecule has 148 valence electrons. The zero-order valence-electron chi connectivity index (χ0n) is 14.8. The Kier molecular flexibility index (Phi) is 6.04. The van der Waals surface area contributed by atoms with Gasteiger partial charge in [-0.15, -0.1) is 0 Å². The highest BCUT2D eigenvalue weighted by molar-refractivity contribution is 7.92. The zero-order chi connectivity index (χ0) is 20.4. The summed E-state index contributed by atoms with van der Waals surface area (Å²) in [5.41, 5.74) is 0.642. The summed E-state index contributed by atoms with van der Waals surface area (Å²) in [6.45, 7) is 1.20. The van der Waals surface area contributed by atoms with Crippen molar-refractivity contribution in [3.8, 4) is 0 Å². The van der Waals surface area contributed by atoms with Crippen molar-refractivity contribution in [1.82, 2.24) is 14.0 Å². The van der Waals surface area contributed by atoms with Crippen molar-refractivity contribution in [2.75, 3.05) is 19.4 Å². The molecule has 27 heavy (non-hydrogen) atoms. The first-order chi connectivity index (χ1) is 12.5. The first-order valence-corrected chi connectivity index (χ1v) is 10.6. The highest BCUT2D eigenvalue weighted by Gasteiger charge is 2.27. The fourth-order valence-electron chi connectivity index (χ4n) is 2.22. The van der Waals surface area contributed by atoms with Crippen LogP contribution in [0.1, 0.15) is 5.56 Å². The van der Waals surface area contributed by atoms with Crippen LogP contribution in [0, 0.1) is 12.7 Å². The average Bonchev–Trinajstić information content (AvgIpc) is 3.03. The van der Waals surface area contributed by atoms with Crippen LogP contribution in [0.2, 0.25) is 0 Å². The van der Waals surface area contributed by atoms with Crippen LogP contribution in [0.25, 0.3) is 0 Å². The Bertz CT molecular complexity index is 1030. The standard InChI is InChI=1S/C15H19FN4O5S2/c1-10-4-5-11(6-12(10)16)19-15(21)9-20-7-13(26(22,23)17-2)14(8-20)27(24,25)18-3/h4-8,17-18H,9H2,1-3H3,(H,19,21). The summed E-state index contributed by atoms with van der Waals surface area (Å²) in [4.78, 5) is 11.2. The summed E-state index contributed by atoms with van der Waals surface area (Å²) < 4.78 is 67.1. The van der Waals surface area contributed by atoms with Gasteiger partial charge in [-0.1, -0.05) is 6.07 Å². The third-order valence-corrected chi connectivity index (χ3v) is 6.72. The van der Waals surface area contributed by atoms with Gasteiger partial charge in [-0.05, 0) is 38.7 Å². The summed E-state index contributed by atoms with van der Waals surface area (Å²) in [5, 5.41) is 2.46. The maximum atomic E-state index is 13.5. The van der Waals surface area contributed by atoms with E-state index in [9.17, 15) is 26.0 Å². The highest BCUT2D eigenvalue weighted by atomic mass is 32.2. The third-order valence-electron chi connectivity index (χ3n) is 3.71.